The average Bonchev–Trinajstić information content (AvgIpc) is 2.79. The van der Waals surface area contributed by atoms with Gasteiger partial charge in [-0.05, 0) is 64.0 Å². The van der Waals surface area contributed by atoms with Gasteiger partial charge in [-0.25, -0.2) is 9.59 Å². The Morgan fingerprint density at radius 3 is 2.42 bits per heavy atom. The van der Waals surface area contributed by atoms with Crippen LogP contribution in [0, 0.1) is 0 Å². The Morgan fingerprint density at radius 2 is 1.73 bits per heavy atom. The van der Waals surface area contributed by atoms with Gasteiger partial charge in [0.15, 0.2) is 5.75 Å². The predicted octanol–water partition coefficient (Wildman–Crippen LogP) is 6.09. The molecule has 0 aliphatic heterocycles. The van der Waals surface area contributed by atoms with E-state index in [4.69, 9.17) is 18.6 Å². The first-order valence-electron chi connectivity index (χ1n) is 10.7. The lowest BCUT2D eigenvalue weighted by Crippen LogP contribution is -2.13. The van der Waals surface area contributed by atoms with Gasteiger partial charge in [0.2, 0.25) is 5.75 Å². The third-order valence-corrected chi connectivity index (χ3v) is 4.98. The summed E-state index contributed by atoms with van der Waals surface area (Å²) in [6, 6.07) is 13.6. The van der Waals surface area contributed by atoms with E-state index in [0.717, 1.165) is 12.8 Å². The van der Waals surface area contributed by atoms with Gasteiger partial charge in [0.25, 0.3) is 0 Å². The maximum absolute atomic E-state index is 12.7. The Bertz CT molecular complexity index is 1230. The van der Waals surface area contributed by atoms with E-state index in [2.05, 4.69) is 26.8 Å². The van der Waals surface area contributed by atoms with Gasteiger partial charge in [-0.3, -0.25) is 0 Å². The summed E-state index contributed by atoms with van der Waals surface area (Å²) >= 11 is 0. The second kappa shape index (κ2) is 11.2. The lowest BCUT2D eigenvalue weighted by molar-refractivity contribution is 0.0731. The molecule has 2 aromatic carbocycles. The van der Waals surface area contributed by atoms with Gasteiger partial charge in [0.05, 0.1) is 12.7 Å². The van der Waals surface area contributed by atoms with Crippen LogP contribution in [0.25, 0.3) is 11.0 Å². The molecule has 6 nitrogen and oxygen atoms in total. The summed E-state index contributed by atoms with van der Waals surface area (Å²) < 4.78 is 22.2. The van der Waals surface area contributed by atoms with Gasteiger partial charge in [0, 0.05) is 0 Å². The van der Waals surface area contributed by atoms with Gasteiger partial charge >= 0.3 is 11.6 Å². The molecule has 0 amide bonds. The van der Waals surface area contributed by atoms with Crippen LogP contribution in [0.2, 0.25) is 0 Å². The molecule has 1 aromatic heterocycles. The molecular weight excluding hydrogens is 420 g/mol. The topological polar surface area (TPSA) is 75.0 Å². The maximum Gasteiger partial charge on any atom is 0.383 e. The third kappa shape index (κ3) is 6.13. The van der Waals surface area contributed by atoms with Crippen molar-refractivity contribution in [1.82, 2.24) is 0 Å². The Morgan fingerprint density at radius 1 is 0.970 bits per heavy atom. The summed E-state index contributed by atoms with van der Waals surface area (Å²) in [6.45, 7) is 6.53. The average molecular weight is 449 g/mol. The zero-order chi connectivity index (χ0) is 23.8. The largest absolute Gasteiger partial charge is 0.489 e. The summed E-state index contributed by atoms with van der Waals surface area (Å²) in [4.78, 5) is 25.2. The highest BCUT2D eigenvalue weighted by Gasteiger charge is 2.23. The predicted molar refractivity (Wildman–Crippen MR) is 128 cm³/mol. The number of rotatable bonds is 9. The van der Waals surface area contributed by atoms with Crippen molar-refractivity contribution < 1.29 is 23.4 Å². The Labute approximate surface area is 193 Å². The fraction of sp³-hybridized carbons (Fsp3) is 0.259. The summed E-state index contributed by atoms with van der Waals surface area (Å²) in [6.07, 6.45) is 6.11. The first-order chi connectivity index (χ1) is 15.9. The molecule has 1 heterocycles. The molecule has 0 atom stereocenters. The van der Waals surface area contributed by atoms with Gasteiger partial charge in [-0.1, -0.05) is 41.5 Å². The molecule has 0 spiro atoms. The Kier molecular flexibility index (Phi) is 8.08. The molecule has 0 fully saturated rings. The smallest absolute Gasteiger partial charge is 0.383 e. The number of carbonyl (C=O) groups is 1. The van der Waals surface area contributed by atoms with Crippen LogP contribution in [0.5, 0.6) is 17.2 Å². The fourth-order valence-corrected chi connectivity index (χ4v) is 3.26. The molecule has 0 bridgehead atoms. The highest BCUT2D eigenvalue weighted by molar-refractivity contribution is 5.97. The second-order valence-corrected chi connectivity index (χ2v) is 7.82. The van der Waals surface area contributed by atoms with Crippen LogP contribution in [0.4, 0.5) is 0 Å². The number of esters is 1. The highest BCUT2D eigenvalue weighted by atomic mass is 16.6. The minimum atomic E-state index is -0.743. The van der Waals surface area contributed by atoms with Crippen LogP contribution < -0.4 is 19.8 Å². The first-order valence-corrected chi connectivity index (χ1v) is 10.7. The van der Waals surface area contributed by atoms with Gasteiger partial charge in [-0.15, -0.1) is 0 Å². The van der Waals surface area contributed by atoms with Crippen LogP contribution in [0.15, 0.2) is 81.0 Å². The molecule has 172 valence electrons. The molecule has 0 saturated carbocycles. The number of methoxy groups -OCH3 is 1. The van der Waals surface area contributed by atoms with E-state index in [1.807, 2.05) is 6.08 Å². The number of ether oxygens (including phenoxy) is 3. The molecule has 3 aromatic rings. The Balaban J connectivity index is 1.94. The van der Waals surface area contributed by atoms with Crippen molar-refractivity contribution in [3.8, 4) is 17.2 Å². The number of carbonyl (C=O) groups excluding carboxylic acids is 1. The number of benzene rings is 2. The molecule has 0 unspecified atom stereocenters. The van der Waals surface area contributed by atoms with E-state index < -0.39 is 11.6 Å². The van der Waals surface area contributed by atoms with Gasteiger partial charge in [0.1, 0.15) is 23.3 Å². The van der Waals surface area contributed by atoms with E-state index in [1.54, 1.807) is 48.5 Å². The van der Waals surface area contributed by atoms with Crippen LogP contribution in [0.1, 0.15) is 44.0 Å². The maximum atomic E-state index is 12.7. The van der Waals surface area contributed by atoms with Crippen LogP contribution in [-0.2, 0) is 0 Å². The first kappa shape index (κ1) is 23.9. The van der Waals surface area contributed by atoms with Crippen LogP contribution in [-0.4, -0.2) is 19.7 Å². The molecule has 0 N–H and O–H groups in total. The van der Waals surface area contributed by atoms with Crippen molar-refractivity contribution in [3.05, 3.63) is 87.8 Å². The van der Waals surface area contributed by atoms with E-state index >= 15 is 0 Å². The van der Waals surface area contributed by atoms with Gasteiger partial charge in [-0.2, -0.15) is 0 Å². The lowest BCUT2D eigenvalue weighted by Gasteiger charge is -2.14. The van der Waals surface area contributed by atoms with Crippen molar-refractivity contribution in [2.24, 2.45) is 0 Å². The quantitative estimate of drug-likeness (QED) is 0.224. The van der Waals surface area contributed by atoms with Gasteiger partial charge < -0.3 is 18.6 Å². The van der Waals surface area contributed by atoms with E-state index in [-0.39, 0.29) is 17.1 Å². The zero-order valence-corrected chi connectivity index (χ0v) is 19.3. The van der Waals surface area contributed by atoms with E-state index in [0.29, 0.717) is 23.3 Å². The number of fused-ring (bicyclic) bond motifs is 1. The summed E-state index contributed by atoms with van der Waals surface area (Å²) in [5.41, 5.74) is 2.33. The Hall–Kier alpha value is -3.80. The van der Waals surface area contributed by atoms with Crippen molar-refractivity contribution >= 4 is 16.9 Å². The molecular formula is C27H28O6. The van der Waals surface area contributed by atoms with Crippen LogP contribution in [0.3, 0.4) is 0 Å². The molecule has 6 heteroatoms. The molecule has 3 rings (SSSR count). The summed E-state index contributed by atoms with van der Waals surface area (Å²) in [5.74, 6) is -0.432. The number of allylic oxidation sites excluding steroid dienone is 3. The SMILES string of the molecule is COc1c(OC(=O)c2ccccc2)c2c(OC/C=C(\C)CCC=C(C)C)cccc2oc1=O. The number of hydrogen-bond donors (Lipinski definition) is 0. The molecule has 0 aliphatic carbocycles. The summed E-state index contributed by atoms with van der Waals surface area (Å²) in [5, 5.41) is 0.355. The minimum absolute atomic E-state index is 0.0301. The van der Waals surface area contributed by atoms with Crippen molar-refractivity contribution in [3.63, 3.8) is 0 Å². The summed E-state index contributed by atoms with van der Waals surface area (Å²) in [7, 11) is 1.32. The van der Waals surface area contributed by atoms with Crippen LogP contribution >= 0.6 is 0 Å². The van der Waals surface area contributed by atoms with Crippen molar-refractivity contribution in [2.75, 3.05) is 13.7 Å². The standard InChI is InChI=1S/C27H28O6/c1-18(2)10-8-11-19(3)16-17-31-21-14-9-15-22-23(21)24(25(30-4)27(29)32-22)33-26(28)20-12-6-5-7-13-20/h5-7,9-10,12-16H,8,11,17H2,1-4H3/b19-16+. The molecule has 0 saturated heterocycles. The molecule has 0 radical (unpaired) electrons. The van der Waals surface area contributed by atoms with Crippen molar-refractivity contribution in [2.45, 2.75) is 33.6 Å². The van der Waals surface area contributed by atoms with Crippen molar-refractivity contribution in [1.29, 1.82) is 0 Å². The minimum Gasteiger partial charge on any atom is -0.489 e. The second-order valence-electron chi connectivity index (χ2n) is 7.82. The number of hydrogen-bond acceptors (Lipinski definition) is 6. The molecule has 33 heavy (non-hydrogen) atoms. The lowest BCUT2D eigenvalue weighted by atomic mass is 10.1. The fourth-order valence-electron chi connectivity index (χ4n) is 3.26. The van der Waals surface area contributed by atoms with E-state index in [9.17, 15) is 9.59 Å². The monoisotopic (exact) mass is 448 g/mol. The van der Waals surface area contributed by atoms with E-state index in [1.165, 1.54) is 18.3 Å². The normalized spacial score (nSPS) is 11.2. The highest BCUT2D eigenvalue weighted by Crippen LogP contribution is 2.39. The zero-order valence-electron chi connectivity index (χ0n) is 19.3. The third-order valence-electron chi connectivity index (χ3n) is 4.98. The molecule has 0 aliphatic rings.